The van der Waals surface area contributed by atoms with Crippen molar-refractivity contribution in [2.24, 2.45) is 7.05 Å². The average molecular weight is 333 g/mol. The van der Waals surface area contributed by atoms with Crippen molar-refractivity contribution in [2.45, 2.75) is 18.9 Å². The van der Waals surface area contributed by atoms with E-state index in [0.29, 0.717) is 5.69 Å². The van der Waals surface area contributed by atoms with Crippen molar-refractivity contribution in [2.75, 3.05) is 4.72 Å². The molecular formula is C13H14F3N3O2S. The zero-order valence-electron chi connectivity index (χ0n) is 11.8. The van der Waals surface area contributed by atoms with Gasteiger partial charge in [-0.2, -0.15) is 18.3 Å². The number of alkyl halides is 3. The van der Waals surface area contributed by atoms with Crippen LogP contribution in [0.4, 0.5) is 19.0 Å². The molecule has 2 rings (SSSR count). The minimum absolute atomic E-state index is 0.0567. The van der Waals surface area contributed by atoms with Crippen molar-refractivity contribution >= 4 is 15.8 Å². The molecule has 0 radical (unpaired) electrons. The first-order chi connectivity index (χ1) is 10.1. The van der Waals surface area contributed by atoms with E-state index in [9.17, 15) is 21.6 Å². The van der Waals surface area contributed by atoms with Crippen LogP contribution in [-0.2, 0) is 29.0 Å². The van der Waals surface area contributed by atoms with Crippen LogP contribution in [0.1, 0.15) is 16.8 Å². The minimum atomic E-state index is -4.51. The van der Waals surface area contributed by atoms with E-state index in [-0.39, 0.29) is 11.4 Å². The van der Waals surface area contributed by atoms with Crippen molar-refractivity contribution in [1.82, 2.24) is 9.78 Å². The van der Waals surface area contributed by atoms with Gasteiger partial charge >= 0.3 is 6.18 Å². The molecule has 0 saturated heterocycles. The zero-order chi connectivity index (χ0) is 16.5. The average Bonchev–Trinajstić information content (AvgIpc) is 2.65. The molecule has 2 aromatic rings. The van der Waals surface area contributed by atoms with Crippen LogP contribution in [0.3, 0.4) is 0 Å². The third-order valence-corrected chi connectivity index (χ3v) is 4.11. The van der Waals surface area contributed by atoms with Gasteiger partial charge in [-0.05, 0) is 18.6 Å². The molecule has 0 atom stereocenters. The Hall–Kier alpha value is -2.03. The Morgan fingerprint density at radius 1 is 1.27 bits per heavy atom. The molecule has 0 unspecified atom stereocenters. The highest BCUT2D eigenvalue weighted by Crippen LogP contribution is 2.30. The number of rotatable bonds is 4. The normalized spacial score (nSPS) is 12.4. The van der Waals surface area contributed by atoms with Gasteiger partial charge in [-0.15, -0.1) is 0 Å². The van der Waals surface area contributed by atoms with E-state index in [2.05, 4.69) is 9.82 Å². The van der Waals surface area contributed by atoms with Gasteiger partial charge < -0.3 is 0 Å². The highest BCUT2D eigenvalue weighted by Gasteiger charge is 2.30. The highest BCUT2D eigenvalue weighted by molar-refractivity contribution is 7.91. The van der Waals surface area contributed by atoms with Gasteiger partial charge in [0.25, 0.3) is 0 Å². The summed E-state index contributed by atoms with van der Waals surface area (Å²) in [7, 11) is -2.27. The lowest BCUT2D eigenvalue weighted by atomic mass is 10.1. The van der Waals surface area contributed by atoms with Gasteiger partial charge in [-0.25, -0.2) is 8.42 Å². The summed E-state index contributed by atoms with van der Waals surface area (Å²) in [5, 5.41) is 3.99. The van der Waals surface area contributed by atoms with Crippen LogP contribution in [0, 0.1) is 6.92 Å². The van der Waals surface area contributed by atoms with Crippen molar-refractivity contribution in [1.29, 1.82) is 0 Å². The lowest BCUT2D eigenvalue weighted by Gasteiger charge is -2.10. The molecule has 0 spiro atoms. The maximum atomic E-state index is 12.6. The van der Waals surface area contributed by atoms with E-state index < -0.39 is 27.5 Å². The second-order valence-electron chi connectivity index (χ2n) is 4.85. The molecule has 5 nitrogen and oxygen atoms in total. The number of hydrogen-bond donors (Lipinski definition) is 1. The van der Waals surface area contributed by atoms with Crippen LogP contribution in [0.5, 0.6) is 0 Å². The third-order valence-electron chi connectivity index (χ3n) is 2.87. The second kappa shape index (κ2) is 5.64. The van der Waals surface area contributed by atoms with Crippen LogP contribution in [0.2, 0.25) is 0 Å². The van der Waals surface area contributed by atoms with Crippen molar-refractivity contribution in [3.05, 3.63) is 47.2 Å². The Labute approximate surface area is 125 Å². The number of nitrogens with one attached hydrogen (secondary N) is 1. The van der Waals surface area contributed by atoms with Crippen LogP contribution in [0.15, 0.2) is 30.3 Å². The lowest BCUT2D eigenvalue weighted by Crippen LogP contribution is -2.17. The molecular weight excluding hydrogens is 319 g/mol. The fourth-order valence-corrected chi connectivity index (χ4v) is 3.16. The molecule has 1 aromatic carbocycles. The summed E-state index contributed by atoms with van der Waals surface area (Å²) < 4.78 is 65.6. The Bertz CT molecular complexity index is 782. The molecule has 1 N–H and O–H groups in total. The number of nitrogens with zero attached hydrogens (tertiary/aromatic N) is 2. The second-order valence-corrected chi connectivity index (χ2v) is 6.58. The number of aromatic nitrogens is 2. The first-order valence-corrected chi connectivity index (χ1v) is 7.89. The van der Waals surface area contributed by atoms with Gasteiger partial charge in [0.1, 0.15) is 5.82 Å². The smallest absolute Gasteiger partial charge is 0.267 e. The van der Waals surface area contributed by atoms with Crippen molar-refractivity contribution < 1.29 is 21.6 Å². The molecule has 1 heterocycles. The largest absolute Gasteiger partial charge is 0.416 e. The van der Waals surface area contributed by atoms with Crippen LogP contribution >= 0.6 is 0 Å². The zero-order valence-corrected chi connectivity index (χ0v) is 12.7. The Kier molecular flexibility index (Phi) is 4.19. The monoisotopic (exact) mass is 333 g/mol. The predicted octanol–water partition coefficient (Wildman–Crippen LogP) is 2.69. The van der Waals surface area contributed by atoms with Crippen molar-refractivity contribution in [3.8, 4) is 0 Å². The number of hydrogen-bond acceptors (Lipinski definition) is 3. The van der Waals surface area contributed by atoms with Crippen LogP contribution in [-0.4, -0.2) is 18.2 Å². The number of anilines is 1. The molecule has 1 aromatic heterocycles. The topological polar surface area (TPSA) is 64.0 Å². The number of halogens is 3. The summed E-state index contributed by atoms with van der Waals surface area (Å²) in [4.78, 5) is 0. The van der Waals surface area contributed by atoms with Crippen LogP contribution in [0.25, 0.3) is 0 Å². The highest BCUT2D eigenvalue weighted by atomic mass is 32.2. The summed E-state index contributed by atoms with van der Waals surface area (Å²) in [6.45, 7) is 1.70. The van der Waals surface area contributed by atoms with Gasteiger partial charge in [-0.1, -0.05) is 18.2 Å². The van der Waals surface area contributed by atoms with Gasteiger partial charge in [-0.3, -0.25) is 9.40 Å². The van der Waals surface area contributed by atoms with Crippen LogP contribution < -0.4 is 4.72 Å². The van der Waals surface area contributed by atoms with E-state index in [4.69, 9.17) is 0 Å². The molecule has 22 heavy (non-hydrogen) atoms. The fraction of sp³-hybridized carbons (Fsp3) is 0.308. The molecule has 0 bridgehead atoms. The number of aryl methyl sites for hydroxylation is 2. The molecule has 0 amide bonds. The standard InChI is InChI=1S/C13H14F3N3O2S/c1-9-6-12(19(2)17-9)18-22(20,21)8-10-4-3-5-11(7-10)13(14,15)16/h3-7,18H,8H2,1-2H3. The summed E-state index contributed by atoms with van der Waals surface area (Å²) in [5.74, 6) is -0.300. The summed E-state index contributed by atoms with van der Waals surface area (Å²) >= 11 is 0. The molecule has 120 valence electrons. The minimum Gasteiger partial charge on any atom is -0.267 e. The SMILES string of the molecule is Cc1cc(NS(=O)(=O)Cc2cccc(C(F)(F)F)c2)n(C)n1. The maximum Gasteiger partial charge on any atom is 0.416 e. The van der Waals surface area contributed by atoms with E-state index in [0.717, 1.165) is 12.1 Å². The Morgan fingerprint density at radius 2 is 1.95 bits per heavy atom. The molecule has 0 aliphatic heterocycles. The van der Waals surface area contributed by atoms with Gasteiger partial charge in [0, 0.05) is 13.1 Å². The predicted molar refractivity (Wildman–Crippen MR) is 75.6 cm³/mol. The maximum absolute atomic E-state index is 12.6. The Balaban J connectivity index is 2.20. The summed E-state index contributed by atoms with van der Waals surface area (Å²) in [6.07, 6.45) is -4.51. The molecule has 0 aliphatic carbocycles. The van der Waals surface area contributed by atoms with E-state index in [1.165, 1.54) is 22.9 Å². The van der Waals surface area contributed by atoms with Gasteiger partial charge in [0.05, 0.1) is 17.0 Å². The Morgan fingerprint density at radius 3 is 2.50 bits per heavy atom. The van der Waals surface area contributed by atoms with Gasteiger partial charge in [0.2, 0.25) is 10.0 Å². The van der Waals surface area contributed by atoms with E-state index >= 15 is 0 Å². The third kappa shape index (κ3) is 4.00. The quantitative estimate of drug-likeness (QED) is 0.936. The molecule has 9 heteroatoms. The summed E-state index contributed by atoms with van der Waals surface area (Å²) in [6, 6.07) is 5.77. The fourth-order valence-electron chi connectivity index (χ4n) is 1.96. The summed E-state index contributed by atoms with van der Waals surface area (Å²) in [5.41, 5.74) is -0.197. The van der Waals surface area contributed by atoms with E-state index in [1.807, 2.05) is 0 Å². The van der Waals surface area contributed by atoms with Crippen molar-refractivity contribution in [3.63, 3.8) is 0 Å². The van der Waals surface area contributed by atoms with E-state index in [1.54, 1.807) is 14.0 Å². The lowest BCUT2D eigenvalue weighted by molar-refractivity contribution is -0.137. The molecule has 0 fully saturated rings. The molecule has 0 aliphatic rings. The van der Waals surface area contributed by atoms with Gasteiger partial charge in [0.15, 0.2) is 0 Å². The number of benzene rings is 1. The molecule has 0 saturated carbocycles. The first-order valence-electron chi connectivity index (χ1n) is 6.24. The first kappa shape index (κ1) is 16.3. The number of sulfonamides is 1.